The Labute approximate surface area is 486 Å². The molecule has 0 bridgehead atoms. The number of rotatable bonds is 23. The molecule has 7 aromatic rings. The van der Waals surface area contributed by atoms with Crippen LogP contribution < -0.4 is 20.4 Å². The molecule has 83 heavy (non-hydrogen) atoms. The van der Waals surface area contributed by atoms with Gasteiger partial charge in [-0.3, -0.25) is 5.32 Å². The lowest BCUT2D eigenvalue weighted by Crippen LogP contribution is -2.69. The number of hydrogen-bond donors (Lipinski definition) is 1. The van der Waals surface area contributed by atoms with Crippen LogP contribution in [-0.2, 0) is 71.6 Å². The average molecular weight is 1150 g/mol. The Morgan fingerprint density at radius 2 is 1.17 bits per heavy atom. The number of methoxy groups -OCH3 is 1. The van der Waals surface area contributed by atoms with E-state index in [1.165, 1.54) is 24.3 Å². The van der Waals surface area contributed by atoms with Gasteiger partial charge in [-0.05, 0) is 68.5 Å². The van der Waals surface area contributed by atoms with E-state index in [0.29, 0.717) is 11.4 Å². The molecule has 16 heteroatoms. The van der Waals surface area contributed by atoms with Gasteiger partial charge in [-0.1, -0.05) is 191 Å². The fourth-order valence-corrected chi connectivity index (χ4v) is 15.5. The number of carbonyl (C=O) groups excluding carboxylic acids is 1. The minimum Gasteiger partial charge on any atom is -0.497 e. The summed E-state index contributed by atoms with van der Waals surface area (Å²) < 4.78 is 96.8. The second-order valence-corrected chi connectivity index (χ2v) is 25.9. The Kier molecular flexibility index (Phi) is 20.1. The van der Waals surface area contributed by atoms with Crippen LogP contribution in [0.25, 0.3) is 0 Å². The number of anilines is 1. The molecule has 3 fully saturated rings. The van der Waals surface area contributed by atoms with Crippen LogP contribution >= 0.6 is 0 Å². The summed E-state index contributed by atoms with van der Waals surface area (Å²) in [6.45, 7) is 11.0. The second kappa shape index (κ2) is 28.1. The maximum absolute atomic E-state index is 14.4. The van der Waals surface area contributed by atoms with Crippen LogP contribution in [0.3, 0.4) is 0 Å². The molecule has 3 aliphatic rings. The van der Waals surface area contributed by atoms with Gasteiger partial charge in [0, 0.05) is 11.3 Å². The Hall–Kier alpha value is -6.90. The van der Waals surface area contributed by atoms with Gasteiger partial charge in [0.25, 0.3) is 8.32 Å². The summed E-state index contributed by atoms with van der Waals surface area (Å²) in [4.78, 5) is 14.4. The first kappa shape index (κ1) is 59.3. The number of nitrogens with one attached hydrogen (secondary N) is 1. The van der Waals surface area contributed by atoms with Crippen LogP contribution in [0.2, 0.25) is 5.04 Å². The summed E-state index contributed by atoms with van der Waals surface area (Å²) in [6.07, 6.45) is -10.6. The minimum atomic E-state index is -3.31. The molecule has 0 aliphatic carbocycles. The van der Waals surface area contributed by atoms with E-state index in [0.717, 1.165) is 32.6 Å². The minimum absolute atomic E-state index is 0.0414. The predicted octanol–water partition coefficient (Wildman–Crippen LogP) is 11.2. The first-order valence-electron chi connectivity index (χ1n) is 28.0. The lowest BCUT2D eigenvalue weighted by Gasteiger charge is -2.52. The van der Waals surface area contributed by atoms with Crippen LogP contribution in [0.4, 0.5) is 14.9 Å². The van der Waals surface area contributed by atoms with E-state index in [2.05, 4.69) is 56.9 Å². The van der Waals surface area contributed by atoms with Crippen molar-refractivity contribution in [3.8, 4) is 5.75 Å². The molecule has 14 nitrogen and oxygen atoms in total. The number of hydrogen-bond acceptors (Lipinski definition) is 13. The summed E-state index contributed by atoms with van der Waals surface area (Å²) in [5.74, 6) is 0.217. The molecule has 11 atom stereocenters. The van der Waals surface area contributed by atoms with E-state index in [1.807, 2.05) is 152 Å². The molecule has 10 rings (SSSR count). The number of amides is 1. The standard InChI is InChI=1S/C67H72FNO13Si/c1-6-40-72-59-57-55(44-76-63(80-57)49-26-16-9-17-27-49)79-65(61(59)74-42-48-32-38-52(71-5)39-33-48)81-58-56(45-77-83(67(2,3)4,53-28-18-10-19-29-53)54-30-20-11-21-31-54)78-64(75-43-47-24-14-8-15-25-47)62(60(58)73-41-46-22-12-7-13-23-46)82-66(70)69-51-36-34-50(68)35-37-51/h6-39,55-65H,1,40-45H2,2-5H3,(H,69,70)/t55-,56-,57+,58-,59+,60+,61-,62-,63?,64-,65+/m1/s1. The second-order valence-electron chi connectivity index (χ2n) is 21.6. The highest BCUT2D eigenvalue weighted by atomic mass is 28.4. The van der Waals surface area contributed by atoms with Crippen LogP contribution in [0.15, 0.2) is 213 Å². The van der Waals surface area contributed by atoms with Gasteiger partial charge in [0.15, 0.2) is 25.0 Å². The van der Waals surface area contributed by atoms with Gasteiger partial charge in [-0.25, -0.2) is 9.18 Å². The van der Waals surface area contributed by atoms with Gasteiger partial charge in [0.05, 0.1) is 46.8 Å². The molecule has 1 amide bonds. The van der Waals surface area contributed by atoms with Gasteiger partial charge >= 0.3 is 6.09 Å². The highest BCUT2D eigenvalue weighted by Crippen LogP contribution is 2.42. The molecular formula is C67H72FNO13Si. The van der Waals surface area contributed by atoms with Crippen LogP contribution in [-0.4, -0.2) is 103 Å². The monoisotopic (exact) mass is 1150 g/mol. The van der Waals surface area contributed by atoms with Crippen LogP contribution in [0, 0.1) is 5.82 Å². The lowest BCUT2D eigenvalue weighted by molar-refractivity contribution is -0.394. The maximum atomic E-state index is 14.4. The highest BCUT2D eigenvalue weighted by molar-refractivity contribution is 6.99. The lowest BCUT2D eigenvalue weighted by atomic mass is 9.95. The molecule has 0 aromatic heterocycles. The van der Waals surface area contributed by atoms with Crippen molar-refractivity contribution in [2.45, 2.75) is 113 Å². The first-order chi connectivity index (χ1) is 40.5. The van der Waals surface area contributed by atoms with Gasteiger partial charge in [0.2, 0.25) is 0 Å². The van der Waals surface area contributed by atoms with E-state index < -0.39 is 93.0 Å². The molecule has 3 aliphatic heterocycles. The van der Waals surface area contributed by atoms with E-state index in [1.54, 1.807) is 13.2 Å². The van der Waals surface area contributed by atoms with Crippen molar-refractivity contribution in [1.29, 1.82) is 0 Å². The van der Waals surface area contributed by atoms with Crippen LogP contribution in [0.1, 0.15) is 49.3 Å². The van der Waals surface area contributed by atoms with Crippen molar-refractivity contribution < 1.29 is 65.7 Å². The highest BCUT2D eigenvalue weighted by Gasteiger charge is 2.58. The van der Waals surface area contributed by atoms with Crippen molar-refractivity contribution in [3.05, 3.63) is 241 Å². The predicted molar refractivity (Wildman–Crippen MR) is 314 cm³/mol. The molecule has 0 saturated carbocycles. The smallest absolute Gasteiger partial charge is 0.412 e. The Bertz CT molecular complexity index is 3050. The molecule has 3 saturated heterocycles. The van der Waals surface area contributed by atoms with Crippen molar-refractivity contribution in [3.63, 3.8) is 0 Å². The topological polar surface area (TPSA) is 140 Å². The fourth-order valence-electron chi connectivity index (χ4n) is 11.0. The number of carbonyl (C=O) groups is 1. The fraction of sp³-hybridized carbons (Fsp3) is 0.328. The summed E-state index contributed by atoms with van der Waals surface area (Å²) >= 11 is 0. The first-order valence-corrected chi connectivity index (χ1v) is 29.9. The number of benzene rings is 7. The van der Waals surface area contributed by atoms with Crippen LogP contribution in [0.5, 0.6) is 5.75 Å². The normalized spacial score (nSPS) is 24.5. The van der Waals surface area contributed by atoms with Gasteiger partial charge in [-0.15, -0.1) is 6.58 Å². The number of fused-ring (bicyclic) bond motifs is 1. The summed E-state index contributed by atoms with van der Waals surface area (Å²) in [5, 5.41) is 4.40. The quantitative estimate of drug-likeness (QED) is 0.0480. The van der Waals surface area contributed by atoms with Crippen molar-refractivity contribution >= 4 is 30.5 Å². The molecule has 3 heterocycles. The van der Waals surface area contributed by atoms with Crippen molar-refractivity contribution in [2.24, 2.45) is 0 Å². The maximum Gasteiger partial charge on any atom is 0.412 e. The number of halogens is 1. The third-order valence-electron chi connectivity index (χ3n) is 15.0. The summed E-state index contributed by atoms with van der Waals surface area (Å²) in [6, 6.07) is 62.5. The zero-order valence-corrected chi connectivity index (χ0v) is 48.1. The van der Waals surface area contributed by atoms with Crippen molar-refractivity contribution in [1.82, 2.24) is 0 Å². The zero-order chi connectivity index (χ0) is 57.6. The van der Waals surface area contributed by atoms with E-state index in [4.69, 9.17) is 56.5 Å². The average Bonchev–Trinajstić information content (AvgIpc) is 3.44. The molecular weight excluding hydrogens is 1070 g/mol. The van der Waals surface area contributed by atoms with Gasteiger partial charge in [-0.2, -0.15) is 0 Å². The largest absolute Gasteiger partial charge is 0.497 e. The Balaban J connectivity index is 1.10. The zero-order valence-electron chi connectivity index (χ0n) is 47.1. The van der Waals surface area contributed by atoms with Gasteiger partial charge in [0.1, 0.15) is 54.3 Å². The van der Waals surface area contributed by atoms with E-state index >= 15 is 0 Å². The molecule has 1 N–H and O–H groups in total. The third kappa shape index (κ3) is 14.5. The molecule has 434 valence electrons. The van der Waals surface area contributed by atoms with E-state index in [-0.39, 0.29) is 39.6 Å². The number of ether oxygens (including phenoxy) is 11. The summed E-state index contributed by atoms with van der Waals surface area (Å²) in [5.41, 5.74) is 3.62. The SMILES string of the molecule is C=CCO[C@H]1[C@H]2OC(c3ccccc3)OC[C@H]2O[C@@H](O[C@H]2[C@H](OCc3ccccc3)[C@@H](OC(=O)Nc3ccc(F)cc3)[C@H](OCc3ccccc3)O[C@@H]2CO[Si](c2ccccc2)(c2ccccc2)C(C)(C)C)[C@@H]1OCc1ccc(OC)cc1. The van der Waals surface area contributed by atoms with Crippen molar-refractivity contribution in [2.75, 3.05) is 32.2 Å². The molecule has 0 spiro atoms. The molecule has 0 radical (unpaired) electrons. The summed E-state index contributed by atoms with van der Waals surface area (Å²) in [7, 11) is -1.70. The molecule has 1 unspecified atom stereocenters. The Morgan fingerprint density at radius 1 is 0.614 bits per heavy atom. The Morgan fingerprint density at radius 3 is 1.75 bits per heavy atom. The molecule has 7 aromatic carbocycles. The van der Waals surface area contributed by atoms with Gasteiger partial charge < -0.3 is 56.5 Å². The third-order valence-corrected chi connectivity index (χ3v) is 20.0. The van der Waals surface area contributed by atoms with E-state index in [9.17, 15) is 9.18 Å².